The van der Waals surface area contributed by atoms with E-state index in [1.807, 2.05) is 22.6 Å². The number of nitrogens with one attached hydrogen (secondary N) is 2. The van der Waals surface area contributed by atoms with Crippen LogP contribution in [0.1, 0.15) is 10.4 Å². The minimum Gasteiger partial charge on any atom is -0.358 e. The summed E-state index contributed by atoms with van der Waals surface area (Å²) in [7, 11) is 1.45. The van der Waals surface area contributed by atoms with E-state index in [0.29, 0.717) is 3.57 Å². The molecule has 0 fully saturated rings. The number of carbonyl (C=O) groups excluding carboxylic acids is 2. The highest BCUT2D eigenvalue weighted by atomic mass is 127. The highest BCUT2D eigenvalue weighted by Gasteiger charge is 2.15. The lowest BCUT2D eigenvalue weighted by molar-refractivity contribution is -0.384. The third-order valence-electron chi connectivity index (χ3n) is 2.09. The molecular weight excluding hydrogens is 353 g/mol. The molecule has 0 aliphatic carbocycles. The molecule has 0 radical (unpaired) electrons. The Morgan fingerprint density at radius 3 is 2.67 bits per heavy atom. The van der Waals surface area contributed by atoms with Crippen molar-refractivity contribution in [3.8, 4) is 0 Å². The Morgan fingerprint density at radius 1 is 1.44 bits per heavy atom. The quantitative estimate of drug-likeness (QED) is 0.467. The molecule has 1 aromatic rings. The van der Waals surface area contributed by atoms with Crippen molar-refractivity contribution in [1.82, 2.24) is 10.6 Å². The van der Waals surface area contributed by atoms with Crippen molar-refractivity contribution in [3.63, 3.8) is 0 Å². The van der Waals surface area contributed by atoms with Gasteiger partial charge in [-0.3, -0.25) is 19.7 Å². The zero-order valence-corrected chi connectivity index (χ0v) is 11.6. The van der Waals surface area contributed by atoms with Crippen molar-refractivity contribution >= 4 is 40.1 Å². The minimum atomic E-state index is -0.578. The van der Waals surface area contributed by atoms with E-state index in [4.69, 9.17) is 0 Å². The van der Waals surface area contributed by atoms with Crippen molar-refractivity contribution < 1.29 is 14.5 Å². The van der Waals surface area contributed by atoms with E-state index >= 15 is 0 Å². The lowest BCUT2D eigenvalue weighted by Crippen LogP contribution is -2.35. The van der Waals surface area contributed by atoms with Gasteiger partial charge in [-0.2, -0.15) is 0 Å². The molecule has 0 bridgehead atoms. The number of nitro benzene ring substituents is 1. The van der Waals surface area contributed by atoms with Gasteiger partial charge in [0.05, 0.1) is 17.0 Å². The van der Waals surface area contributed by atoms with E-state index in [-0.39, 0.29) is 23.7 Å². The van der Waals surface area contributed by atoms with Crippen LogP contribution in [0, 0.1) is 13.7 Å². The number of rotatable bonds is 4. The van der Waals surface area contributed by atoms with Crippen LogP contribution in [-0.2, 0) is 4.79 Å². The summed E-state index contributed by atoms with van der Waals surface area (Å²) in [5, 5.41) is 15.3. The molecule has 2 N–H and O–H groups in total. The molecule has 0 heterocycles. The molecule has 7 nitrogen and oxygen atoms in total. The van der Waals surface area contributed by atoms with Crippen LogP contribution < -0.4 is 10.6 Å². The second kappa shape index (κ2) is 6.28. The molecule has 0 unspecified atom stereocenters. The van der Waals surface area contributed by atoms with Gasteiger partial charge in [-0.05, 0) is 28.7 Å². The number of non-ortho nitro benzene ring substituents is 1. The van der Waals surface area contributed by atoms with Gasteiger partial charge in [-0.25, -0.2) is 0 Å². The number of hydrogen-bond donors (Lipinski definition) is 2. The molecular formula is C10H10IN3O4. The van der Waals surface area contributed by atoms with Gasteiger partial charge in [0.25, 0.3) is 11.6 Å². The number of carbonyl (C=O) groups is 2. The molecule has 1 rings (SSSR count). The monoisotopic (exact) mass is 363 g/mol. The highest BCUT2D eigenvalue weighted by Crippen LogP contribution is 2.19. The highest BCUT2D eigenvalue weighted by molar-refractivity contribution is 14.1. The van der Waals surface area contributed by atoms with Crippen LogP contribution >= 0.6 is 22.6 Å². The number of hydrogen-bond acceptors (Lipinski definition) is 4. The summed E-state index contributed by atoms with van der Waals surface area (Å²) in [6.45, 7) is -0.173. The Hall–Kier alpha value is -1.71. The summed E-state index contributed by atoms with van der Waals surface area (Å²) >= 11 is 1.90. The normalized spacial score (nSPS) is 9.67. The summed E-state index contributed by atoms with van der Waals surface area (Å²) in [6.07, 6.45) is 0. The second-order valence-corrected chi connectivity index (χ2v) is 4.44. The molecule has 18 heavy (non-hydrogen) atoms. The molecule has 0 aliphatic rings. The SMILES string of the molecule is CNC(=O)CNC(=O)c1cc([N+](=O)[O-])ccc1I. The van der Waals surface area contributed by atoms with Crippen LogP contribution in [-0.4, -0.2) is 30.3 Å². The first-order valence-corrected chi connectivity index (χ1v) is 5.96. The van der Waals surface area contributed by atoms with Crippen LogP contribution in [0.25, 0.3) is 0 Å². The third kappa shape index (κ3) is 3.65. The third-order valence-corrected chi connectivity index (χ3v) is 3.03. The maximum atomic E-state index is 11.7. The maximum absolute atomic E-state index is 11.7. The average Bonchev–Trinajstić information content (AvgIpc) is 2.35. The molecule has 8 heteroatoms. The van der Waals surface area contributed by atoms with Gasteiger partial charge < -0.3 is 10.6 Å². The van der Waals surface area contributed by atoms with E-state index in [9.17, 15) is 19.7 Å². The second-order valence-electron chi connectivity index (χ2n) is 3.28. The Kier molecular flexibility index (Phi) is 5.01. The standard InChI is InChI=1S/C10H10IN3O4/c1-12-9(15)5-13-10(16)7-4-6(14(17)18)2-3-8(7)11/h2-4H,5H2,1H3,(H,12,15)(H,13,16). The summed E-state index contributed by atoms with van der Waals surface area (Å²) in [5.41, 5.74) is 0.00853. The zero-order valence-electron chi connectivity index (χ0n) is 9.40. The van der Waals surface area contributed by atoms with Crippen LogP contribution in [0.2, 0.25) is 0 Å². The Balaban J connectivity index is 2.87. The summed E-state index contributed by atoms with van der Waals surface area (Å²) in [4.78, 5) is 32.7. The lowest BCUT2D eigenvalue weighted by Gasteiger charge is -2.06. The molecule has 1 aromatic carbocycles. The van der Waals surface area contributed by atoms with Gasteiger partial charge >= 0.3 is 0 Å². The van der Waals surface area contributed by atoms with E-state index in [1.54, 1.807) is 0 Å². The number of halogens is 1. The number of amides is 2. The van der Waals surface area contributed by atoms with Crippen LogP contribution in [0.15, 0.2) is 18.2 Å². The fraction of sp³-hybridized carbons (Fsp3) is 0.200. The average molecular weight is 363 g/mol. The van der Waals surface area contributed by atoms with Crippen LogP contribution in [0.3, 0.4) is 0 Å². The van der Waals surface area contributed by atoms with Crippen molar-refractivity contribution in [2.75, 3.05) is 13.6 Å². The first kappa shape index (κ1) is 14.4. The molecule has 0 aromatic heterocycles. The molecule has 0 saturated carbocycles. The number of likely N-dealkylation sites (N-methyl/N-ethyl adjacent to an activating group) is 1. The van der Waals surface area contributed by atoms with Gasteiger partial charge in [0.1, 0.15) is 0 Å². The summed E-state index contributed by atoms with van der Waals surface area (Å²) in [5.74, 6) is -0.865. The molecule has 0 aliphatic heterocycles. The van der Waals surface area contributed by atoms with Gasteiger partial charge in [0, 0.05) is 22.8 Å². The van der Waals surface area contributed by atoms with Crippen molar-refractivity contribution in [2.24, 2.45) is 0 Å². The Labute approximate surface area is 116 Å². The smallest absolute Gasteiger partial charge is 0.270 e. The van der Waals surface area contributed by atoms with E-state index in [1.165, 1.54) is 25.2 Å². The van der Waals surface area contributed by atoms with Crippen molar-refractivity contribution in [3.05, 3.63) is 37.4 Å². The molecule has 2 amide bonds. The number of benzene rings is 1. The zero-order chi connectivity index (χ0) is 13.7. The molecule has 0 spiro atoms. The first-order valence-electron chi connectivity index (χ1n) is 4.88. The Bertz CT molecular complexity index is 504. The lowest BCUT2D eigenvalue weighted by atomic mass is 10.2. The van der Waals surface area contributed by atoms with E-state index in [2.05, 4.69) is 10.6 Å². The summed E-state index contributed by atoms with van der Waals surface area (Å²) < 4.78 is 0.576. The molecule has 96 valence electrons. The molecule has 0 atom stereocenters. The van der Waals surface area contributed by atoms with E-state index < -0.39 is 10.8 Å². The van der Waals surface area contributed by atoms with Crippen LogP contribution in [0.4, 0.5) is 5.69 Å². The van der Waals surface area contributed by atoms with Crippen molar-refractivity contribution in [1.29, 1.82) is 0 Å². The van der Waals surface area contributed by atoms with Gasteiger partial charge in [0.2, 0.25) is 5.91 Å². The minimum absolute atomic E-state index is 0.166. The summed E-state index contributed by atoms with van der Waals surface area (Å²) in [6, 6.07) is 3.98. The van der Waals surface area contributed by atoms with Crippen molar-refractivity contribution in [2.45, 2.75) is 0 Å². The van der Waals surface area contributed by atoms with Gasteiger partial charge in [-0.15, -0.1) is 0 Å². The van der Waals surface area contributed by atoms with Gasteiger partial charge in [0.15, 0.2) is 0 Å². The maximum Gasteiger partial charge on any atom is 0.270 e. The van der Waals surface area contributed by atoms with Crippen LogP contribution in [0.5, 0.6) is 0 Å². The predicted octanol–water partition coefficient (Wildman–Crippen LogP) is 0.675. The number of nitro groups is 1. The fourth-order valence-electron chi connectivity index (χ4n) is 1.15. The largest absolute Gasteiger partial charge is 0.358 e. The predicted molar refractivity (Wildman–Crippen MR) is 72.2 cm³/mol. The Morgan fingerprint density at radius 2 is 2.11 bits per heavy atom. The number of nitrogens with zero attached hydrogens (tertiary/aromatic N) is 1. The molecule has 0 saturated heterocycles. The van der Waals surface area contributed by atoms with E-state index in [0.717, 1.165) is 0 Å². The topological polar surface area (TPSA) is 101 Å². The fourth-order valence-corrected chi connectivity index (χ4v) is 1.73. The van der Waals surface area contributed by atoms with Gasteiger partial charge in [-0.1, -0.05) is 0 Å². The first-order chi connectivity index (χ1) is 8.45.